The Labute approximate surface area is 184 Å². The van der Waals surface area contributed by atoms with Crippen molar-refractivity contribution in [3.8, 4) is 11.5 Å². The minimum absolute atomic E-state index is 0.177. The third-order valence-corrected chi connectivity index (χ3v) is 4.76. The number of benzene rings is 3. The lowest BCUT2D eigenvalue weighted by molar-refractivity contribution is -0.120. The van der Waals surface area contributed by atoms with E-state index in [9.17, 15) is 4.79 Å². The van der Waals surface area contributed by atoms with Crippen molar-refractivity contribution in [1.82, 2.24) is 5.43 Å². The molecule has 0 bridgehead atoms. The van der Waals surface area contributed by atoms with Gasteiger partial charge in [0.05, 0.1) is 23.7 Å². The second-order valence-electron chi connectivity index (χ2n) is 6.49. The first kappa shape index (κ1) is 21.6. The summed E-state index contributed by atoms with van der Waals surface area (Å²) in [7, 11) is 0. The number of carbonyl (C=O) groups excluding carboxylic acids is 1. The van der Waals surface area contributed by atoms with Crippen LogP contribution in [0.3, 0.4) is 0 Å². The van der Waals surface area contributed by atoms with Crippen LogP contribution in [0.25, 0.3) is 0 Å². The SMILES string of the molecule is CCOc1cc(/C=N/NC(=O)Cc2ccccc2)cc(Br)c1OCc1ccccc1. The Morgan fingerprint density at radius 3 is 2.33 bits per heavy atom. The maximum Gasteiger partial charge on any atom is 0.244 e. The molecule has 0 fully saturated rings. The van der Waals surface area contributed by atoms with Crippen LogP contribution in [0.15, 0.2) is 82.4 Å². The van der Waals surface area contributed by atoms with Crippen molar-refractivity contribution >= 4 is 28.1 Å². The quantitative estimate of drug-likeness (QED) is 0.351. The van der Waals surface area contributed by atoms with Gasteiger partial charge in [0.2, 0.25) is 5.91 Å². The fourth-order valence-electron chi connectivity index (χ4n) is 2.79. The predicted molar refractivity (Wildman–Crippen MR) is 122 cm³/mol. The van der Waals surface area contributed by atoms with Crippen molar-refractivity contribution in [3.05, 3.63) is 94.0 Å². The molecule has 3 rings (SSSR count). The molecule has 1 N–H and O–H groups in total. The number of ether oxygens (including phenoxy) is 2. The lowest BCUT2D eigenvalue weighted by Crippen LogP contribution is -2.19. The van der Waals surface area contributed by atoms with Crippen molar-refractivity contribution in [3.63, 3.8) is 0 Å². The minimum atomic E-state index is -0.177. The Bertz CT molecular complexity index is 992. The minimum Gasteiger partial charge on any atom is -0.490 e. The van der Waals surface area contributed by atoms with E-state index in [1.807, 2.05) is 79.7 Å². The fourth-order valence-corrected chi connectivity index (χ4v) is 3.37. The zero-order valence-electron chi connectivity index (χ0n) is 16.7. The highest BCUT2D eigenvalue weighted by Gasteiger charge is 2.12. The smallest absolute Gasteiger partial charge is 0.244 e. The largest absolute Gasteiger partial charge is 0.490 e. The molecule has 0 heterocycles. The molecular formula is C24H23BrN2O3. The number of halogens is 1. The van der Waals surface area contributed by atoms with Crippen LogP contribution in [0.1, 0.15) is 23.6 Å². The molecule has 0 atom stereocenters. The number of nitrogens with one attached hydrogen (secondary N) is 1. The summed E-state index contributed by atoms with van der Waals surface area (Å²) >= 11 is 3.55. The fraction of sp³-hybridized carbons (Fsp3) is 0.167. The van der Waals surface area contributed by atoms with E-state index >= 15 is 0 Å². The highest BCUT2D eigenvalue weighted by molar-refractivity contribution is 9.10. The van der Waals surface area contributed by atoms with Gasteiger partial charge in [0.1, 0.15) is 6.61 Å². The Hall–Kier alpha value is -3.12. The first-order valence-corrected chi connectivity index (χ1v) is 10.4. The number of amides is 1. The average Bonchev–Trinajstić information content (AvgIpc) is 2.75. The maximum atomic E-state index is 12.0. The van der Waals surface area contributed by atoms with Gasteiger partial charge in [-0.05, 0) is 51.7 Å². The molecule has 0 saturated heterocycles. The van der Waals surface area contributed by atoms with Gasteiger partial charge in [0, 0.05) is 0 Å². The zero-order chi connectivity index (χ0) is 21.2. The molecule has 0 aliphatic carbocycles. The van der Waals surface area contributed by atoms with Gasteiger partial charge in [-0.15, -0.1) is 0 Å². The number of rotatable bonds is 9. The van der Waals surface area contributed by atoms with Crippen LogP contribution in [-0.4, -0.2) is 18.7 Å². The van der Waals surface area contributed by atoms with Gasteiger partial charge < -0.3 is 9.47 Å². The molecule has 0 unspecified atom stereocenters. The monoisotopic (exact) mass is 466 g/mol. The second-order valence-corrected chi connectivity index (χ2v) is 7.35. The van der Waals surface area contributed by atoms with E-state index < -0.39 is 0 Å². The van der Waals surface area contributed by atoms with Crippen LogP contribution < -0.4 is 14.9 Å². The molecule has 0 spiro atoms. The molecule has 0 radical (unpaired) electrons. The van der Waals surface area contributed by atoms with E-state index in [1.165, 1.54) is 0 Å². The van der Waals surface area contributed by atoms with E-state index in [2.05, 4.69) is 26.5 Å². The Morgan fingerprint density at radius 2 is 1.67 bits per heavy atom. The third-order valence-electron chi connectivity index (χ3n) is 4.17. The molecule has 30 heavy (non-hydrogen) atoms. The Morgan fingerprint density at radius 1 is 1.00 bits per heavy atom. The molecule has 5 nitrogen and oxygen atoms in total. The Kier molecular flexibility index (Phi) is 8.03. The molecule has 0 aromatic heterocycles. The lowest BCUT2D eigenvalue weighted by atomic mass is 10.1. The van der Waals surface area contributed by atoms with Crippen molar-refractivity contribution in [2.75, 3.05) is 6.61 Å². The van der Waals surface area contributed by atoms with Crippen LogP contribution in [0.5, 0.6) is 11.5 Å². The van der Waals surface area contributed by atoms with Crippen LogP contribution in [0.4, 0.5) is 0 Å². The van der Waals surface area contributed by atoms with Gasteiger partial charge >= 0.3 is 0 Å². The number of hydrazone groups is 1. The molecule has 3 aromatic rings. The van der Waals surface area contributed by atoms with Crippen molar-refractivity contribution < 1.29 is 14.3 Å². The molecule has 1 amide bonds. The molecular weight excluding hydrogens is 444 g/mol. The van der Waals surface area contributed by atoms with Gasteiger partial charge in [-0.3, -0.25) is 4.79 Å². The summed E-state index contributed by atoms with van der Waals surface area (Å²) in [6.45, 7) is 2.85. The normalized spacial score (nSPS) is 10.7. The van der Waals surface area contributed by atoms with E-state index in [-0.39, 0.29) is 12.3 Å². The zero-order valence-corrected chi connectivity index (χ0v) is 18.3. The summed E-state index contributed by atoms with van der Waals surface area (Å²) in [4.78, 5) is 12.0. The van der Waals surface area contributed by atoms with Crippen LogP contribution in [0.2, 0.25) is 0 Å². The van der Waals surface area contributed by atoms with Crippen LogP contribution >= 0.6 is 15.9 Å². The summed E-state index contributed by atoms with van der Waals surface area (Å²) in [5.41, 5.74) is 5.34. The van der Waals surface area contributed by atoms with Crippen LogP contribution in [-0.2, 0) is 17.8 Å². The highest BCUT2D eigenvalue weighted by Crippen LogP contribution is 2.37. The topological polar surface area (TPSA) is 59.9 Å². The summed E-state index contributed by atoms with van der Waals surface area (Å²) in [6, 6.07) is 23.2. The Balaban J connectivity index is 1.66. The maximum absolute atomic E-state index is 12.0. The number of carbonyl (C=O) groups is 1. The van der Waals surface area contributed by atoms with Gasteiger partial charge in [0.15, 0.2) is 11.5 Å². The van der Waals surface area contributed by atoms with E-state index in [4.69, 9.17) is 9.47 Å². The van der Waals surface area contributed by atoms with Crippen molar-refractivity contribution in [1.29, 1.82) is 0 Å². The average molecular weight is 467 g/mol. The molecule has 0 aliphatic rings. The molecule has 0 saturated carbocycles. The van der Waals surface area contributed by atoms with Crippen molar-refractivity contribution in [2.24, 2.45) is 5.10 Å². The standard InChI is InChI=1S/C24H23BrN2O3/c1-2-29-22-14-20(16-26-27-23(28)15-18-9-5-3-6-10-18)13-21(25)24(22)30-17-19-11-7-4-8-12-19/h3-14,16H,2,15,17H2,1H3,(H,27,28)/b26-16+. The second kappa shape index (κ2) is 11.2. The number of hydrogen-bond donors (Lipinski definition) is 1. The summed E-state index contributed by atoms with van der Waals surface area (Å²) in [5.74, 6) is 1.06. The first-order chi connectivity index (χ1) is 14.7. The summed E-state index contributed by atoms with van der Waals surface area (Å²) in [5, 5.41) is 4.06. The first-order valence-electron chi connectivity index (χ1n) is 9.64. The number of nitrogens with zero attached hydrogens (tertiary/aromatic N) is 1. The molecule has 154 valence electrons. The summed E-state index contributed by atoms with van der Waals surface area (Å²) < 4.78 is 12.5. The molecule has 0 aliphatic heterocycles. The van der Waals surface area contributed by atoms with E-state index in [0.29, 0.717) is 24.7 Å². The summed E-state index contributed by atoms with van der Waals surface area (Å²) in [6.07, 6.45) is 1.86. The van der Waals surface area contributed by atoms with Gasteiger partial charge in [-0.25, -0.2) is 5.43 Å². The lowest BCUT2D eigenvalue weighted by Gasteiger charge is -2.14. The van der Waals surface area contributed by atoms with E-state index in [0.717, 1.165) is 21.2 Å². The van der Waals surface area contributed by atoms with Crippen molar-refractivity contribution in [2.45, 2.75) is 20.0 Å². The third kappa shape index (κ3) is 6.46. The highest BCUT2D eigenvalue weighted by atomic mass is 79.9. The van der Waals surface area contributed by atoms with Gasteiger partial charge in [-0.2, -0.15) is 5.10 Å². The number of hydrogen-bond acceptors (Lipinski definition) is 4. The predicted octanol–water partition coefficient (Wildman–Crippen LogP) is 5.12. The van der Waals surface area contributed by atoms with Gasteiger partial charge in [-0.1, -0.05) is 60.7 Å². The molecule has 6 heteroatoms. The van der Waals surface area contributed by atoms with Gasteiger partial charge in [0.25, 0.3) is 0 Å². The molecule has 3 aromatic carbocycles. The van der Waals surface area contributed by atoms with Crippen LogP contribution in [0, 0.1) is 0 Å². The van der Waals surface area contributed by atoms with E-state index in [1.54, 1.807) is 6.21 Å².